The second-order valence-electron chi connectivity index (χ2n) is 9.95. The van der Waals surface area contributed by atoms with Gasteiger partial charge < -0.3 is 29.7 Å². The Morgan fingerprint density at radius 3 is 0.907 bits per heavy atom. The first-order chi connectivity index (χ1) is 20.0. The molecule has 0 aromatic heterocycles. The number of hydrogen-bond acceptors (Lipinski definition) is 6. The topological polar surface area (TPSA) is 120 Å². The van der Waals surface area contributed by atoms with Gasteiger partial charge in [-0.2, -0.15) is 0 Å². The summed E-state index contributed by atoms with van der Waals surface area (Å²) in [5, 5.41) is 37.5. The van der Waals surface area contributed by atoms with Crippen molar-refractivity contribution in [3.05, 3.63) is 143 Å². The molecule has 6 aromatic rings. The zero-order valence-electron chi connectivity index (χ0n) is 23.9. The minimum absolute atomic E-state index is 0. The smallest absolute Gasteiger partial charge is 0.545 e. The van der Waals surface area contributed by atoms with Crippen molar-refractivity contribution in [1.82, 2.24) is 0 Å². The predicted octanol–water partition coefficient (Wildman–Crippen LogP) is 4.15. The number of carboxylic acid groups (broad SMARTS) is 3. The van der Waals surface area contributed by atoms with Crippen molar-refractivity contribution in [2.45, 2.75) is 20.8 Å². The van der Waals surface area contributed by atoms with Crippen LogP contribution in [0.4, 0.5) is 0 Å². The second kappa shape index (κ2) is 14.4. The van der Waals surface area contributed by atoms with E-state index in [0.29, 0.717) is 0 Å². The molecule has 0 radical (unpaired) electrons. The number of carbonyl (C=O) groups is 3. The summed E-state index contributed by atoms with van der Waals surface area (Å²) >= 11 is 0. The number of carbonyl (C=O) groups excluding carboxylic acids is 3. The van der Waals surface area contributed by atoms with Gasteiger partial charge in [-0.05, 0) is 53.1 Å². The normalized spacial score (nSPS) is 10.1. The van der Waals surface area contributed by atoms with Gasteiger partial charge in [-0.25, -0.2) is 0 Å². The first kappa shape index (κ1) is 32.7. The van der Waals surface area contributed by atoms with E-state index in [0.717, 1.165) is 49.0 Å². The molecule has 6 aromatic carbocycles. The van der Waals surface area contributed by atoms with Crippen LogP contribution in [0, 0.1) is 20.8 Å². The van der Waals surface area contributed by atoms with Crippen molar-refractivity contribution >= 4 is 70.0 Å². The fraction of sp³-hybridized carbons (Fsp3) is 0.0833. The molecule has 0 fully saturated rings. The van der Waals surface area contributed by atoms with E-state index in [1.807, 2.05) is 93.6 Å². The van der Waals surface area contributed by atoms with Crippen molar-refractivity contribution in [2.75, 3.05) is 0 Å². The van der Waals surface area contributed by atoms with Crippen LogP contribution in [0.1, 0.15) is 47.8 Å². The van der Waals surface area contributed by atoms with Gasteiger partial charge in [0.1, 0.15) is 0 Å². The maximum atomic E-state index is 10.8. The minimum Gasteiger partial charge on any atom is -0.545 e. The molecule has 0 N–H and O–H groups in total. The Kier molecular flexibility index (Phi) is 10.9. The maximum Gasteiger partial charge on any atom is 3.00 e. The molecule has 210 valence electrons. The van der Waals surface area contributed by atoms with E-state index in [1.165, 1.54) is 0 Å². The second-order valence-corrected chi connectivity index (χ2v) is 9.95. The summed E-state index contributed by atoms with van der Waals surface area (Å²) in [7, 11) is 0. The maximum absolute atomic E-state index is 10.8. The van der Waals surface area contributed by atoms with Crippen LogP contribution in [0.5, 0.6) is 0 Å². The minimum atomic E-state index is -1.12. The molecular formula is C36H27GaO6. The molecule has 0 atom stereocenters. The molecule has 43 heavy (non-hydrogen) atoms. The number of fused-ring (bicyclic) bond motifs is 3. The predicted molar refractivity (Wildman–Crippen MR) is 165 cm³/mol. The average Bonchev–Trinajstić information content (AvgIpc) is 2.96. The molecule has 0 saturated heterocycles. The number of aryl methyl sites for hydroxylation is 3. The van der Waals surface area contributed by atoms with E-state index < -0.39 is 17.9 Å². The van der Waals surface area contributed by atoms with E-state index in [1.54, 1.807) is 36.4 Å². The molecule has 0 aliphatic carbocycles. The van der Waals surface area contributed by atoms with E-state index in [4.69, 9.17) is 0 Å². The molecule has 0 heterocycles. The van der Waals surface area contributed by atoms with Crippen molar-refractivity contribution in [3.63, 3.8) is 0 Å². The molecule has 7 heteroatoms. The zero-order valence-corrected chi connectivity index (χ0v) is 26.3. The molecule has 0 spiro atoms. The van der Waals surface area contributed by atoms with Crippen LogP contribution in [-0.2, 0) is 0 Å². The number of aromatic carboxylic acids is 3. The Labute approximate surface area is 262 Å². The van der Waals surface area contributed by atoms with Crippen LogP contribution < -0.4 is 15.3 Å². The number of hydrogen-bond donors (Lipinski definition) is 0. The average molecular weight is 625 g/mol. The first-order valence-electron chi connectivity index (χ1n) is 13.2. The van der Waals surface area contributed by atoms with Crippen LogP contribution >= 0.6 is 0 Å². The summed E-state index contributed by atoms with van der Waals surface area (Å²) in [5.41, 5.74) is 3.91. The van der Waals surface area contributed by atoms with Crippen molar-refractivity contribution < 1.29 is 29.7 Å². The largest absolute Gasteiger partial charge is 3.00 e. The third-order valence-electron chi connectivity index (χ3n) is 6.77. The van der Waals surface area contributed by atoms with Gasteiger partial charge in [-0.1, -0.05) is 126 Å². The molecule has 6 rings (SSSR count). The quantitative estimate of drug-likeness (QED) is 0.273. The van der Waals surface area contributed by atoms with Gasteiger partial charge in [0.05, 0.1) is 17.9 Å². The molecule has 0 amide bonds. The van der Waals surface area contributed by atoms with Crippen LogP contribution in [0.2, 0.25) is 0 Å². The van der Waals surface area contributed by atoms with Crippen molar-refractivity contribution in [2.24, 2.45) is 0 Å². The summed E-state index contributed by atoms with van der Waals surface area (Å²) in [4.78, 5) is 32.4. The number of benzene rings is 6. The summed E-state index contributed by atoms with van der Waals surface area (Å²) < 4.78 is 0. The van der Waals surface area contributed by atoms with Gasteiger partial charge >= 0.3 is 19.8 Å². The van der Waals surface area contributed by atoms with Crippen LogP contribution in [0.3, 0.4) is 0 Å². The molecule has 0 unspecified atom stereocenters. The van der Waals surface area contributed by atoms with Crippen LogP contribution in [-0.4, -0.2) is 37.7 Å². The fourth-order valence-electron chi connectivity index (χ4n) is 4.69. The number of rotatable bonds is 3. The summed E-state index contributed by atoms with van der Waals surface area (Å²) in [6, 6.07) is 32.8. The SMILES string of the molecule is Cc1ccc2cccc(C(=O)[O-])c2c1.Cc1ccc2cccc(C(=O)[O-])c2c1.Cc1ccc2cccc(C(=O)[O-])c2c1.[Ga+3]. The molecule has 0 saturated carbocycles. The van der Waals surface area contributed by atoms with E-state index in [2.05, 4.69) is 0 Å². The van der Waals surface area contributed by atoms with Crippen molar-refractivity contribution in [1.29, 1.82) is 0 Å². The summed E-state index contributed by atoms with van der Waals surface area (Å²) in [6.45, 7) is 5.81. The molecule has 6 nitrogen and oxygen atoms in total. The summed E-state index contributed by atoms with van der Waals surface area (Å²) in [6.07, 6.45) is 0. The molecule has 0 aliphatic rings. The Morgan fingerprint density at radius 2 is 0.674 bits per heavy atom. The van der Waals surface area contributed by atoms with Gasteiger partial charge in [0.25, 0.3) is 0 Å². The standard InChI is InChI=1S/3C12H10O2.Ga/c3*1-8-5-6-9-3-2-4-10(12(13)14)11(9)7-8;/h3*2-7H,1H3,(H,13,14);/q;;;+3/p-3. The van der Waals surface area contributed by atoms with Gasteiger partial charge in [-0.3, -0.25) is 0 Å². The summed E-state index contributed by atoms with van der Waals surface area (Å²) in [5.74, 6) is -3.37. The monoisotopic (exact) mass is 624 g/mol. The zero-order chi connectivity index (χ0) is 30.4. The van der Waals surface area contributed by atoms with Gasteiger partial charge in [0, 0.05) is 16.7 Å². The van der Waals surface area contributed by atoms with Crippen LogP contribution in [0.15, 0.2) is 109 Å². The number of carboxylic acids is 3. The van der Waals surface area contributed by atoms with Gasteiger partial charge in [-0.15, -0.1) is 0 Å². The fourth-order valence-corrected chi connectivity index (χ4v) is 4.69. The Morgan fingerprint density at radius 1 is 0.419 bits per heavy atom. The third kappa shape index (κ3) is 7.91. The Balaban J connectivity index is 0.000000175. The van der Waals surface area contributed by atoms with E-state index in [-0.39, 0.29) is 36.5 Å². The first-order valence-corrected chi connectivity index (χ1v) is 13.2. The van der Waals surface area contributed by atoms with Gasteiger partial charge in [0.2, 0.25) is 0 Å². The van der Waals surface area contributed by atoms with Crippen LogP contribution in [0.25, 0.3) is 32.3 Å². The Hall–Kier alpha value is -4.85. The van der Waals surface area contributed by atoms with Gasteiger partial charge in [0.15, 0.2) is 0 Å². The molecule has 0 bridgehead atoms. The van der Waals surface area contributed by atoms with Crippen molar-refractivity contribution in [3.8, 4) is 0 Å². The molecular weight excluding hydrogens is 598 g/mol. The Bertz CT molecular complexity index is 1740. The third-order valence-corrected chi connectivity index (χ3v) is 6.77. The van der Waals surface area contributed by atoms with E-state index in [9.17, 15) is 29.7 Å². The molecule has 0 aliphatic heterocycles. The van der Waals surface area contributed by atoms with E-state index >= 15 is 0 Å².